The Kier molecular flexibility index (Phi) is 3.79. The topological polar surface area (TPSA) is 51.3 Å². The van der Waals surface area contributed by atoms with Crippen molar-refractivity contribution in [1.82, 2.24) is 14.2 Å². The van der Waals surface area contributed by atoms with E-state index < -0.39 is 0 Å². The fourth-order valence-corrected chi connectivity index (χ4v) is 2.64. The molecule has 0 aliphatic rings. The van der Waals surface area contributed by atoms with E-state index in [-0.39, 0.29) is 5.56 Å². The Balaban J connectivity index is 1.73. The third kappa shape index (κ3) is 3.00. The van der Waals surface area contributed by atoms with Gasteiger partial charge in [0, 0.05) is 35.6 Å². The first kappa shape index (κ1) is 13.9. The first-order valence-electron chi connectivity index (χ1n) is 6.68. The number of aromatic nitrogens is 3. The fourth-order valence-electron chi connectivity index (χ4n) is 2.24. The quantitative estimate of drug-likeness (QED) is 0.790. The highest BCUT2D eigenvalue weighted by molar-refractivity contribution is 9.10. The summed E-state index contributed by atoms with van der Waals surface area (Å²) in [5.41, 5.74) is 2.46. The van der Waals surface area contributed by atoms with Gasteiger partial charge in [0.25, 0.3) is 5.56 Å². The van der Waals surface area contributed by atoms with Gasteiger partial charge in [-0.25, -0.2) is 4.52 Å². The number of rotatable bonds is 4. The summed E-state index contributed by atoms with van der Waals surface area (Å²) >= 11 is 3.44. The SMILES string of the molecule is Cc1cc2c(=O)n(CCNc3cccc(Br)c3)ccn2n1. The van der Waals surface area contributed by atoms with Crippen LogP contribution < -0.4 is 10.9 Å². The first-order valence-corrected chi connectivity index (χ1v) is 7.48. The van der Waals surface area contributed by atoms with Crippen LogP contribution in [0.2, 0.25) is 0 Å². The van der Waals surface area contributed by atoms with Crippen molar-refractivity contribution >= 4 is 27.1 Å². The normalized spacial score (nSPS) is 11.0. The number of aryl methyl sites for hydroxylation is 1. The van der Waals surface area contributed by atoms with Crippen LogP contribution in [0.15, 0.2) is 52.0 Å². The lowest BCUT2D eigenvalue weighted by Gasteiger charge is -2.09. The van der Waals surface area contributed by atoms with Crippen molar-refractivity contribution in [2.24, 2.45) is 0 Å². The van der Waals surface area contributed by atoms with Crippen molar-refractivity contribution in [3.8, 4) is 0 Å². The van der Waals surface area contributed by atoms with Gasteiger partial charge in [-0.1, -0.05) is 22.0 Å². The maximum atomic E-state index is 12.3. The van der Waals surface area contributed by atoms with Crippen LogP contribution >= 0.6 is 15.9 Å². The molecule has 0 fully saturated rings. The van der Waals surface area contributed by atoms with Gasteiger partial charge < -0.3 is 9.88 Å². The Morgan fingerprint density at radius 1 is 1.29 bits per heavy atom. The molecule has 21 heavy (non-hydrogen) atoms. The van der Waals surface area contributed by atoms with Gasteiger partial charge in [-0.05, 0) is 31.2 Å². The molecule has 0 saturated carbocycles. The number of benzene rings is 1. The minimum atomic E-state index is -0.0193. The number of hydrogen-bond acceptors (Lipinski definition) is 3. The lowest BCUT2D eigenvalue weighted by atomic mass is 10.3. The van der Waals surface area contributed by atoms with E-state index >= 15 is 0 Å². The third-order valence-electron chi connectivity index (χ3n) is 3.23. The van der Waals surface area contributed by atoms with Gasteiger partial charge in [0.2, 0.25) is 0 Å². The predicted molar refractivity (Wildman–Crippen MR) is 86.8 cm³/mol. The number of nitrogens with one attached hydrogen (secondary N) is 1. The number of halogens is 1. The highest BCUT2D eigenvalue weighted by Crippen LogP contribution is 2.15. The van der Waals surface area contributed by atoms with Gasteiger partial charge in [0.05, 0.1) is 5.69 Å². The molecule has 3 rings (SSSR count). The zero-order valence-electron chi connectivity index (χ0n) is 11.6. The molecule has 0 atom stereocenters. The van der Waals surface area contributed by atoms with E-state index in [0.717, 1.165) is 15.9 Å². The Morgan fingerprint density at radius 2 is 2.14 bits per heavy atom. The van der Waals surface area contributed by atoms with E-state index in [1.54, 1.807) is 21.3 Å². The van der Waals surface area contributed by atoms with Crippen LogP contribution in [0.1, 0.15) is 5.69 Å². The third-order valence-corrected chi connectivity index (χ3v) is 3.73. The molecule has 0 radical (unpaired) electrons. The van der Waals surface area contributed by atoms with Gasteiger partial charge in [-0.15, -0.1) is 0 Å². The molecule has 0 unspecified atom stereocenters. The van der Waals surface area contributed by atoms with Crippen LogP contribution in [0.3, 0.4) is 0 Å². The van der Waals surface area contributed by atoms with E-state index in [1.165, 1.54) is 0 Å². The monoisotopic (exact) mass is 346 g/mol. The van der Waals surface area contributed by atoms with Crippen LogP contribution in [0.4, 0.5) is 5.69 Å². The maximum absolute atomic E-state index is 12.3. The summed E-state index contributed by atoms with van der Waals surface area (Å²) in [6, 6.07) is 9.76. The molecule has 6 heteroatoms. The summed E-state index contributed by atoms with van der Waals surface area (Å²) in [4.78, 5) is 12.3. The molecule has 3 aromatic rings. The molecule has 0 saturated heterocycles. The summed E-state index contributed by atoms with van der Waals surface area (Å²) in [5, 5.41) is 7.54. The molecule has 0 amide bonds. The van der Waals surface area contributed by atoms with Gasteiger partial charge in [0.15, 0.2) is 0 Å². The van der Waals surface area contributed by atoms with E-state index in [9.17, 15) is 4.79 Å². The predicted octanol–water partition coefficient (Wildman–Crippen LogP) is 2.68. The molecule has 0 spiro atoms. The number of hydrogen-bond donors (Lipinski definition) is 1. The van der Waals surface area contributed by atoms with Crippen molar-refractivity contribution in [3.63, 3.8) is 0 Å². The zero-order valence-corrected chi connectivity index (χ0v) is 13.2. The van der Waals surface area contributed by atoms with Crippen LogP contribution in [-0.4, -0.2) is 20.7 Å². The van der Waals surface area contributed by atoms with E-state index in [1.807, 2.05) is 37.4 Å². The van der Waals surface area contributed by atoms with Crippen LogP contribution in [0, 0.1) is 6.92 Å². The highest BCUT2D eigenvalue weighted by atomic mass is 79.9. The Labute approximate surface area is 130 Å². The maximum Gasteiger partial charge on any atom is 0.276 e. The molecular formula is C15H15BrN4O. The number of fused-ring (bicyclic) bond motifs is 1. The Bertz CT molecular complexity index is 837. The lowest BCUT2D eigenvalue weighted by Crippen LogP contribution is -2.24. The Hall–Kier alpha value is -2.08. The summed E-state index contributed by atoms with van der Waals surface area (Å²) in [6.07, 6.45) is 3.58. The molecule has 0 bridgehead atoms. The van der Waals surface area contributed by atoms with Crippen LogP contribution in [0.5, 0.6) is 0 Å². The molecule has 0 aliphatic carbocycles. The van der Waals surface area contributed by atoms with E-state index in [2.05, 4.69) is 26.3 Å². The molecule has 5 nitrogen and oxygen atoms in total. The summed E-state index contributed by atoms with van der Waals surface area (Å²) < 4.78 is 4.35. The molecule has 0 aliphatic heterocycles. The summed E-state index contributed by atoms with van der Waals surface area (Å²) in [6.45, 7) is 3.16. The zero-order chi connectivity index (χ0) is 14.8. The molecule has 2 heterocycles. The van der Waals surface area contributed by atoms with Gasteiger partial charge in [-0.2, -0.15) is 5.10 Å². The van der Waals surface area contributed by atoms with Crippen molar-refractivity contribution in [2.45, 2.75) is 13.5 Å². The smallest absolute Gasteiger partial charge is 0.276 e. The van der Waals surface area contributed by atoms with Gasteiger partial charge in [-0.3, -0.25) is 4.79 Å². The summed E-state index contributed by atoms with van der Waals surface area (Å²) in [7, 11) is 0. The van der Waals surface area contributed by atoms with E-state index in [0.29, 0.717) is 18.6 Å². The summed E-state index contributed by atoms with van der Waals surface area (Å²) in [5.74, 6) is 0. The second-order valence-corrected chi connectivity index (χ2v) is 5.77. The lowest BCUT2D eigenvalue weighted by molar-refractivity contribution is 0.688. The van der Waals surface area contributed by atoms with E-state index in [4.69, 9.17) is 0 Å². The largest absolute Gasteiger partial charge is 0.383 e. The molecule has 1 aromatic carbocycles. The molecular weight excluding hydrogens is 332 g/mol. The number of nitrogens with zero attached hydrogens (tertiary/aromatic N) is 3. The Morgan fingerprint density at radius 3 is 2.95 bits per heavy atom. The molecule has 1 N–H and O–H groups in total. The van der Waals surface area contributed by atoms with Crippen LogP contribution in [0.25, 0.3) is 5.52 Å². The second kappa shape index (κ2) is 5.73. The van der Waals surface area contributed by atoms with Crippen molar-refractivity contribution in [1.29, 1.82) is 0 Å². The average Bonchev–Trinajstić information content (AvgIpc) is 2.83. The first-order chi connectivity index (χ1) is 10.1. The second-order valence-electron chi connectivity index (χ2n) is 4.85. The van der Waals surface area contributed by atoms with Crippen molar-refractivity contribution in [3.05, 3.63) is 63.2 Å². The van der Waals surface area contributed by atoms with Crippen LogP contribution in [-0.2, 0) is 6.54 Å². The minimum absolute atomic E-state index is 0.0193. The van der Waals surface area contributed by atoms with Gasteiger partial charge in [0.1, 0.15) is 5.52 Å². The molecule has 108 valence electrons. The molecule has 2 aromatic heterocycles. The minimum Gasteiger partial charge on any atom is -0.383 e. The van der Waals surface area contributed by atoms with Gasteiger partial charge >= 0.3 is 0 Å². The van der Waals surface area contributed by atoms with Crippen molar-refractivity contribution < 1.29 is 0 Å². The number of anilines is 1. The average molecular weight is 347 g/mol. The van der Waals surface area contributed by atoms with Crippen molar-refractivity contribution in [2.75, 3.05) is 11.9 Å². The standard InChI is InChI=1S/C15H15BrN4O/c1-11-9-14-15(21)19(7-8-20(14)18-11)6-5-17-13-4-2-3-12(16)10-13/h2-4,7-10,17H,5-6H2,1H3. The fraction of sp³-hybridized carbons (Fsp3) is 0.200. The highest BCUT2D eigenvalue weighted by Gasteiger charge is 2.05.